The summed E-state index contributed by atoms with van der Waals surface area (Å²) in [6.45, 7) is 2.00. The average molecular weight is 413 g/mol. The number of nitrogens with zero attached hydrogens (tertiary/aromatic N) is 4. The minimum Gasteiger partial charge on any atom is -0.268 e. The maximum absolute atomic E-state index is 13.4. The number of hydrogen-bond donors (Lipinski definition) is 0. The van der Waals surface area contributed by atoms with Gasteiger partial charge in [-0.1, -0.05) is 71.8 Å². The molecule has 5 rings (SSSR count). The number of hydrogen-bond acceptors (Lipinski definition) is 3. The van der Waals surface area contributed by atoms with Gasteiger partial charge in [0.1, 0.15) is 0 Å². The lowest BCUT2D eigenvalue weighted by Gasteiger charge is -2.07. The molecule has 0 atom stereocenters. The predicted octanol–water partition coefficient (Wildman–Crippen LogP) is 5.52. The van der Waals surface area contributed by atoms with Gasteiger partial charge in [0, 0.05) is 22.8 Å². The average Bonchev–Trinajstić information content (AvgIpc) is 3.34. The van der Waals surface area contributed by atoms with E-state index in [2.05, 4.69) is 10.2 Å². The number of halogens is 1. The van der Waals surface area contributed by atoms with Crippen LogP contribution in [0.2, 0.25) is 5.02 Å². The van der Waals surface area contributed by atoms with Crippen LogP contribution in [0.3, 0.4) is 0 Å². The minimum atomic E-state index is -0.168. The third kappa shape index (κ3) is 3.09. The van der Waals surface area contributed by atoms with Gasteiger partial charge in [-0.05, 0) is 31.2 Å². The molecule has 0 spiro atoms. The van der Waals surface area contributed by atoms with Crippen LogP contribution in [0.5, 0.6) is 0 Å². The third-order valence-electron chi connectivity index (χ3n) is 4.96. The Morgan fingerprint density at radius 3 is 2.30 bits per heavy atom. The van der Waals surface area contributed by atoms with Gasteiger partial charge in [-0.25, -0.2) is 4.57 Å². The number of fused-ring (bicyclic) bond motifs is 1. The van der Waals surface area contributed by atoms with E-state index < -0.39 is 0 Å². The van der Waals surface area contributed by atoms with E-state index in [9.17, 15) is 4.79 Å². The molecule has 0 aliphatic heterocycles. The van der Waals surface area contributed by atoms with Crippen molar-refractivity contribution in [3.63, 3.8) is 0 Å². The summed E-state index contributed by atoms with van der Waals surface area (Å²) in [5.74, 6) is 0.368. The number of aromatic nitrogens is 4. The number of benzene rings is 3. The molecule has 2 heterocycles. The maximum Gasteiger partial charge on any atom is 0.265 e. The summed E-state index contributed by atoms with van der Waals surface area (Å²) >= 11 is 6.41. The van der Waals surface area contributed by atoms with E-state index in [1.54, 1.807) is 16.7 Å². The van der Waals surface area contributed by atoms with Gasteiger partial charge in [0.05, 0.1) is 10.7 Å². The Bertz CT molecular complexity index is 1370. The fourth-order valence-corrected chi connectivity index (χ4v) is 3.70. The van der Waals surface area contributed by atoms with Crippen molar-refractivity contribution in [1.29, 1.82) is 0 Å². The van der Waals surface area contributed by atoms with Crippen molar-refractivity contribution in [2.24, 2.45) is 0 Å². The van der Waals surface area contributed by atoms with Crippen LogP contribution in [-0.4, -0.2) is 25.3 Å². The normalized spacial score (nSPS) is 11.1. The SMILES string of the molecule is Cc1ccc(Cl)c(-c2cc3n(C(=O)c4ccccc4)c(-c4ccccc4)nn3n2)c1. The molecule has 0 aliphatic carbocycles. The van der Waals surface area contributed by atoms with E-state index in [1.807, 2.05) is 79.7 Å². The third-order valence-corrected chi connectivity index (χ3v) is 5.29. The number of carbonyl (C=O) groups excluding carboxylic acids is 1. The topological polar surface area (TPSA) is 52.2 Å². The first kappa shape index (κ1) is 18.3. The van der Waals surface area contributed by atoms with Crippen LogP contribution in [0, 0.1) is 6.92 Å². The Morgan fingerprint density at radius 2 is 1.57 bits per heavy atom. The molecule has 146 valence electrons. The van der Waals surface area contributed by atoms with E-state index in [1.165, 1.54) is 4.63 Å². The second-order valence-electron chi connectivity index (χ2n) is 7.06. The van der Waals surface area contributed by atoms with Crippen LogP contribution in [0.1, 0.15) is 15.9 Å². The molecule has 0 saturated heterocycles. The Hall–Kier alpha value is -3.70. The highest BCUT2D eigenvalue weighted by molar-refractivity contribution is 6.33. The summed E-state index contributed by atoms with van der Waals surface area (Å²) in [5.41, 5.74) is 4.54. The number of aryl methyl sites for hydroxylation is 1. The van der Waals surface area contributed by atoms with Gasteiger partial charge in [0.25, 0.3) is 5.91 Å². The van der Waals surface area contributed by atoms with Crippen LogP contribution in [-0.2, 0) is 0 Å². The Morgan fingerprint density at radius 1 is 0.867 bits per heavy atom. The smallest absolute Gasteiger partial charge is 0.265 e. The Balaban J connectivity index is 1.74. The highest BCUT2D eigenvalue weighted by Crippen LogP contribution is 2.30. The van der Waals surface area contributed by atoms with E-state index in [0.29, 0.717) is 27.8 Å². The molecule has 0 amide bonds. The molecule has 0 saturated carbocycles. The van der Waals surface area contributed by atoms with Crippen molar-refractivity contribution >= 4 is 23.2 Å². The molecule has 0 bridgehead atoms. The number of rotatable bonds is 3. The first-order chi connectivity index (χ1) is 14.6. The van der Waals surface area contributed by atoms with E-state index >= 15 is 0 Å². The summed E-state index contributed by atoms with van der Waals surface area (Å²) in [6, 6.07) is 26.4. The highest BCUT2D eigenvalue weighted by Gasteiger charge is 2.22. The molecule has 6 heteroatoms. The van der Waals surface area contributed by atoms with Crippen LogP contribution in [0.15, 0.2) is 84.9 Å². The molecule has 5 nitrogen and oxygen atoms in total. The standard InChI is InChI=1S/C24H17ClN4O/c1-16-12-13-20(25)19(14-16)21-15-22-28(24(30)18-10-6-3-7-11-18)23(27-29(22)26-21)17-8-4-2-5-9-17/h2-15H,1H3. The van der Waals surface area contributed by atoms with Gasteiger partial charge in [-0.15, -0.1) is 14.8 Å². The van der Waals surface area contributed by atoms with Gasteiger partial charge < -0.3 is 0 Å². The minimum absolute atomic E-state index is 0.168. The summed E-state index contributed by atoms with van der Waals surface area (Å²) < 4.78 is 3.10. The Kier molecular flexibility index (Phi) is 4.45. The van der Waals surface area contributed by atoms with Crippen LogP contribution < -0.4 is 0 Å². The molecule has 0 aliphatic rings. The Labute approximate surface area is 178 Å². The molecule has 3 aromatic carbocycles. The zero-order valence-electron chi connectivity index (χ0n) is 16.2. The molecule has 5 aromatic rings. The van der Waals surface area contributed by atoms with Crippen molar-refractivity contribution in [2.75, 3.05) is 0 Å². The molecule has 0 fully saturated rings. The zero-order chi connectivity index (χ0) is 20.7. The van der Waals surface area contributed by atoms with Gasteiger partial charge in [0.15, 0.2) is 11.5 Å². The molecule has 0 radical (unpaired) electrons. The first-order valence-corrected chi connectivity index (χ1v) is 9.90. The van der Waals surface area contributed by atoms with Gasteiger partial charge >= 0.3 is 0 Å². The fraction of sp³-hybridized carbons (Fsp3) is 0.0417. The summed E-state index contributed by atoms with van der Waals surface area (Å²) in [7, 11) is 0. The lowest BCUT2D eigenvalue weighted by Crippen LogP contribution is -2.13. The van der Waals surface area contributed by atoms with Crippen molar-refractivity contribution in [2.45, 2.75) is 6.92 Å². The lowest BCUT2D eigenvalue weighted by molar-refractivity contribution is 0.0966. The van der Waals surface area contributed by atoms with Crippen molar-refractivity contribution in [3.05, 3.63) is 101 Å². The van der Waals surface area contributed by atoms with Crippen LogP contribution in [0.4, 0.5) is 0 Å². The zero-order valence-corrected chi connectivity index (χ0v) is 16.9. The van der Waals surface area contributed by atoms with Crippen LogP contribution >= 0.6 is 11.6 Å². The second kappa shape index (κ2) is 7.28. The predicted molar refractivity (Wildman–Crippen MR) is 118 cm³/mol. The van der Waals surface area contributed by atoms with Gasteiger partial charge in [0.2, 0.25) is 0 Å². The van der Waals surface area contributed by atoms with Gasteiger partial charge in [-0.3, -0.25) is 4.79 Å². The molecule has 0 unspecified atom stereocenters. The molecular weight excluding hydrogens is 396 g/mol. The molecule has 2 aromatic heterocycles. The second-order valence-corrected chi connectivity index (χ2v) is 7.46. The van der Waals surface area contributed by atoms with E-state index in [0.717, 1.165) is 16.7 Å². The van der Waals surface area contributed by atoms with Crippen LogP contribution in [0.25, 0.3) is 28.3 Å². The monoisotopic (exact) mass is 412 g/mol. The summed E-state index contributed by atoms with van der Waals surface area (Å²) in [4.78, 5) is 13.4. The van der Waals surface area contributed by atoms with Gasteiger partial charge in [-0.2, -0.15) is 0 Å². The molecular formula is C24H17ClN4O. The largest absolute Gasteiger partial charge is 0.268 e. The van der Waals surface area contributed by atoms with Crippen molar-refractivity contribution in [1.82, 2.24) is 19.4 Å². The quantitative estimate of drug-likeness (QED) is 0.392. The summed E-state index contributed by atoms with van der Waals surface area (Å²) in [6.07, 6.45) is 0. The van der Waals surface area contributed by atoms with Crippen molar-refractivity contribution in [3.8, 4) is 22.6 Å². The van der Waals surface area contributed by atoms with Crippen molar-refractivity contribution < 1.29 is 4.79 Å². The first-order valence-electron chi connectivity index (χ1n) is 9.52. The maximum atomic E-state index is 13.4. The highest BCUT2D eigenvalue weighted by atomic mass is 35.5. The van der Waals surface area contributed by atoms with E-state index in [-0.39, 0.29) is 5.91 Å². The summed E-state index contributed by atoms with van der Waals surface area (Å²) in [5, 5.41) is 9.85. The fourth-order valence-electron chi connectivity index (χ4n) is 3.48. The molecule has 0 N–H and O–H groups in total. The molecule has 30 heavy (non-hydrogen) atoms. The lowest BCUT2D eigenvalue weighted by atomic mass is 10.1. The number of carbonyl (C=O) groups is 1. The van der Waals surface area contributed by atoms with E-state index in [4.69, 9.17) is 11.6 Å².